The van der Waals surface area contributed by atoms with E-state index >= 15 is 0 Å². The Bertz CT molecular complexity index is 429. The van der Waals surface area contributed by atoms with E-state index in [1.807, 2.05) is 0 Å². The van der Waals surface area contributed by atoms with Crippen LogP contribution >= 0.6 is 11.3 Å². The normalized spacial score (nSPS) is 16.2. The van der Waals surface area contributed by atoms with E-state index in [1.54, 1.807) is 11.3 Å². The summed E-state index contributed by atoms with van der Waals surface area (Å²) in [6.45, 7) is 9.38. The van der Waals surface area contributed by atoms with E-state index in [-0.39, 0.29) is 5.31 Å². The van der Waals surface area contributed by atoms with Crippen LogP contribution in [0.15, 0.2) is 4.99 Å². The van der Waals surface area contributed by atoms with Gasteiger partial charge in [0.25, 0.3) is 0 Å². The van der Waals surface area contributed by atoms with Crippen molar-refractivity contribution in [3.8, 4) is 0 Å². The SMILES string of the molecule is [B]C(C)(CC)Cc1sc(=NCC)n(C)c1CC. The minimum absolute atomic E-state index is 0.106. The molecule has 0 saturated heterocycles. The molecule has 0 aromatic carbocycles. The Balaban J connectivity index is 3.16. The summed E-state index contributed by atoms with van der Waals surface area (Å²) in [6.07, 6.45) is 2.99. The minimum atomic E-state index is -0.106. The van der Waals surface area contributed by atoms with Crippen LogP contribution in [0, 0.1) is 0 Å². The fourth-order valence-corrected chi connectivity index (χ4v) is 3.34. The van der Waals surface area contributed by atoms with Gasteiger partial charge in [-0.25, -0.2) is 0 Å². The number of nitrogens with zero attached hydrogens (tertiary/aromatic N) is 2. The molecule has 1 heterocycles. The monoisotopic (exact) mass is 250 g/mol. The zero-order valence-corrected chi connectivity index (χ0v) is 12.5. The first-order valence-electron chi connectivity index (χ1n) is 6.42. The molecule has 1 atom stereocenters. The van der Waals surface area contributed by atoms with Gasteiger partial charge < -0.3 is 4.57 Å². The second-order valence-corrected chi connectivity index (χ2v) is 5.89. The van der Waals surface area contributed by atoms with Crippen molar-refractivity contribution in [1.82, 2.24) is 4.57 Å². The van der Waals surface area contributed by atoms with Gasteiger partial charge in [-0.1, -0.05) is 32.5 Å². The maximum atomic E-state index is 6.27. The van der Waals surface area contributed by atoms with Gasteiger partial charge in [0.1, 0.15) is 0 Å². The third-order valence-electron chi connectivity index (χ3n) is 3.23. The summed E-state index contributed by atoms with van der Waals surface area (Å²) in [5, 5.41) is -0.106. The van der Waals surface area contributed by atoms with Crippen molar-refractivity contribution in [3.05, 3.63) is 15.4 Å². The van der Waals surface area contributed by atoms with Crippen molar-refractivity contribution in [2.24, 2.45) is 12.0 Å². The lowest BCUT2D eigenvalue weighted by atomic mass is 9.66. The van der Waals surface area contributed by atoms with Crippen molar-refractivity contribution < 1.29 is 0 Å². The van der Waals surface area contributed by atoms with Crippen LogP contribution in [0.25, 0.3) is 0 Å². The van der Waals surface area contributed by atoms with E-state index in [0.717, 1.165) is 30.6 Å². The molecular weight excluding hydrogens is 227 g/mol. The average Bonchev–Trinajstić information content (AvgIpc) is 2.55. The molecular formula is C13H23BN2S. The van der Waals surface area contributed by atoms with Crippen molar-refractivity contribution >= 4 is 19.2 Å². The molecule has 2 radical (unpaired) electrons. The van der Waals surface area contributed by atoms with Gasteiger partial charge in [0, 0.05) is 24.2 Å². The van der Waals surface area contributed by atoms with Crippen LogP contribution in [0.2, 0.25) is 5.31 Å². The lowest BCUT2D eigenvalue weighted by molar-refractivity contribution is 0.586. The maximum Gasteiger partial charge on any atom is 0.184 e. The van der Waals surface area contributed by atoms with Gasteiger partial charge in [-0.3, -0.25) is 4.99 Å². The Morgan fingerprint density at radius 3 is 2.47 bits per heavy atom. The Morgan fingerprint density at radius 1 is 1.35 bits per heavy atom. The van der Waals surface area contributed by atoms with Gasteiger partial charge in [0.2, 0.25) is 0 Å². The van der Waals surface area contributed by atoms with Crippen molar-refractivity contribution in [1.29, 1.82) is 0 Å². The quantitative estimate of drug-likeness (QED) is 0.715. The zero-order valence-electron chi connectivity index (χ0n) is 11.7. The van der Waals surface area contributed by atoms with Gasteiger partial charge in [0.15, 0.2) is 4.80 Å². The highest BCUT2D eigenvalue weighted by molar-refractivity contribution is 7.09. The zero-order chi connectivity index (χ0) is 13.1. The van der Waals surface area contributed by atoms with Crippen LogP contribution in [0.3, 0.4) is 0 Å². The molecule has 0 aliphatic heterocycles. The first-order chi connectivity index (χ1) is 7.95. The number of aromatic nitrogens is 1. The van der Waals surface area contributed by atoms with Crippen molar-refractivity contribution in [2.45, 2.75) is 52.3 Å². The van der Waals surface area contributed by atoms with Gasteiger partial charge in [-0.05, 0) is 19.8 Å². The summed E-state index contributed by atoms with van der Waals surface area (Å²) < 4.78 is 2.22. The van der Waals surface area contributed by atoms with E-state index in [1.165, 1.54) is 10.6 Å². The molecule has 0 fully saturated rings. The van der Waals surface area contributed by atoms with Gasteiger partial charge in [-0.15, -0.1) is 11.3 Å². The number of hydrogen-bond donors (Lipinski definition) is 0. The first-order valence-corrected chi connectivity index (χ1v) is 7.23. The molecule has 0 amide bonds. The number of hydrogen-bond acceptors (Lipinski definition) is 2. The molecule has 0 spiro atoms. The maximum absolute atomic E-state index is 6.27. The second kappa shape index (κ2) is 5.90. The summed E-state index contributed by atoms with van der Waals surface area (Å²) in [4.78, 5) is 7.05. The summed E-state index contributed by atoms with van der Waals surface area (Å²) in [7, 11) is 8.38. The van der Waals surface area contributed by atoms with E-state index in [9.17, 15) is 0 Å². The molecule has 2 nitrogen and oxygen atoms in total. The van der Waals surface area contributed by atoms with Gasteiger partial charge in [-0.2, -0.15) is 0 Å². The van der Waals surface area contributed by atoms with E-state index < -0.39 is 0 Å². The van der Waals surface area contributed by atoms with E-state index in [4.69, 9.17) is 7.85 Å². The molecule has 1 aromatic rings. The Hall–Kier alpha value is -0.505. The lowest BCUT2D eigenvalue weighted by Gasteiger charge is -2.22. The predicted molar refractivity (Wildman–Crippen MR) is 76.9 cm³/mol. The van der Waals surface area contributed by atoms with Crippen LogP contribution in [0.5, 0.6) is 0 Å². The molecule has 0 aliphatic carbocycles. The van der Waals surface area contributed by atoms with E-state index in [0.29, 0.717) is 0 Å². The molecule has 4 heteroatoms. The summed E-state index contributed by atoms with van der Waals surface area (Å²) in [6, 6.07) is 0. The fraction of sp³-hybridized carbons (Fsp3) is 0.769. The molecule has 1 rings (SSSR count). The van der Waals surface area contributed by atoms with Crippen LogP contribution in [-0.4, -0.2) is 19.0 Å². The van der Waals surface area contributed by atoms with Gasteiger partial charge >= 0.3 is 0 Å². The Morgan fingerprint density at radius 2 is 2.00 bits per heavy atom. The van der Waals surface area contributed by atoms with Crippen molar-refractivity contribution in [3.63, 3.8) is 0 Å². The average molecular weight is 250 g/mol. The van der Waals surface area contributed by atoms with Crippen LogP contribution < -0.4 is 4.80 Å². The molecule has 0 N–H and O–H groups in total. The largest absolute Gasteiger partial charge is 0.324 e. The molecule has 1 unspecified atom stereocenters. The third kappa shape index (κ3) is 3.48. The Labute approximate surface area is 110 Å². The van der Waals surface area contributed by atoms with Gasteiger partial charge in [0.05, 0.1) is 7.85 Å². The third-order valence-corrected chi connectivity index (χ3v) is 4.44. The van der Waals surface area contributed by atoms with Crippen LogP contribution in [-0.2, 0) is 19.9 Å². The first kappa shape index (κ1) is 14.6. The highest BCUT2D eigenvalue weighted by Gasteiger charge is 2.19. The molecule has 0 saturated carbocycles. The summed E-state index contributed by atoms with van der Waals surface area (Å²) >= 11 is 1.79. The highest BCUT2D eigenvalue weighted by Crippen LogP contribution is 2.32. The Kier molecular flexibility index (Phi) is 5.05. The minimum Gasteiger partial charge on any atom is -0.324 e. The smallest absolute Gasteiger partial charge is 0.184 e. The fourth-order valence-electron chi connectivity index (χ4n) is 1.88. The van der Waals surface area contributed by atoms with Crippen LogP contribution in [0.4, 0.5) is 0 Å². The second-order valence-electron chi connectivity index (χ2n) is 4.83. The topological polar surface area (TPSA) is 17.3 Å². The van der Waals surface area contributed by atoms with E-state index in [2.05, 4.69) is 44.3 Å². The highest BCUT2D eigenvalue weighted by atomic mass is 32.1. The molecule has 1 aromatic heterocycles. The molecule has 0 aliphatic rings. The van der Waals surface area contributed by atoms with Crippen molar-refractivity contribution in [2.75, 3.05) is 6.54 Å². The molecule has 94 valence electrons. The predicted octanol–water partition coefficient (Wildman–Crippen LogP) is 2.87. The number of thiazole rings is 1. The van der Waals surface area contributed by atoms with Crippen LogP contribution in [0.1, 0.15) is 44.7 Å². The standard InChI is InChI=1S/C13H23BN2S/c1-6-10-11(9-13(4,14)7-2)17-12(15-8-3)16(10)5/h6-9H2,1-5H3. The number of rotatable bonds is 5. The molecule has 0 bridgehead atoms. The molecule has 17 heavy (non-hydrogen) atoms. The lowest BCUT2D eigenvalue weighted by Crippen LogP contribution is -2.14. The summed E-state index contributed by atoms with van der Waals surface area (Å²) in [5.41, 5.74) is 1.38. The summed E-state index contributed by atoms with van der Waals surface area (Å²) in [5.74, 6) is 0.